The van der Waals surface area contributed by atoms with Crippen LogP contribution in [0.3, 0.4) is 0 Å². The predicted octanol–water partition coefficient (Wildman–Crippen LogP) is 2.26. The van der Waals surface area contributed by atoms with Crippen molar-refractivity contribution < 1.29 is 9.15 Å². The molecule has 0 aliphatic rings. The van der Waals surface area contributed by atoms with Gasteiger partial charge in [-0.25, -0.2) is 4.98 Å². The fourth-order valence-corrected chi connectivity index (χ4v) is 3.04. The summed E-state index contributed by atoms with van der Waals surface area (Å²) in [5.41, 5.74) is 2.67. The van der Waals surface area contributed by atoms with E-state index in [1.807, 2.05) is 26.0 Å². The summed E-state index contributed by atoms with van der Waals surface area (Å²) in [5, 5.41) is 1.20. The first-order valence-electron chi connectivity index (χ1n) is 7.34. The lowest BCUT2D eigenvalue weighted by molar-refractivity contribution is 0.415. The van der Waals surface area contributed by atoms with E-state index in [1.165, 1.54) is 7.11 Å². The highest BCUT2D eigenvalue weighted by Gasteiger charge is 2.16. The van der Waals surface area contributed by atoms with Crippen LogP contribution in [0.2, 0.25) is 5.02 Å². The molecule has 0 fully saturated rings. The molecule has 0 unspecified atom stereocenters. The summed E-state index contributed by atoms with van der Waals surface area (Å²) in [6.07, 6.45) is 0. The van der Waals surface area contributed by atoms with E-state index in [0.717, 1.165) is 10.8 Å². The topological polar surface area (TPSA) is 68.1 Å². The first kappa shape index (κ1) is 14.8. The Bertz CT molecular complexity index is 1150. The molecule has 0 amide bonds. The fraction of sp³-hybridized carbons (Fsp3) is 0.0588. The van der Waals surface area contributed by atoms with Crippen LogP contribution in [0, 0.1) is 0 Å². The maximum Gasteiger partial charge on any atom is 0.294 e. The second kappa shape index (κ2) is 5.42. The number of ether oxygens (including phenoxy) is 1. The largest absolute Gasteiger partial charge is 0.495 e. The van der Waals surface area contributed by atoms with Gasteiger partial charge in [0.1, 0.15) is 30.5 Å². The Balaban J connectivity index is 2.06. The van der Waals surface area contributed by atoms with Gasteiger partial charge < -0.3 is 14.1 Å². The van der Waals surface area contributed by atoms with Gasteiger partial charge in [-0.05, 0) is 18.2 Å². The van der Waals surface area contributed by atoms with E-state index in [1.54, 1.807) is 18.2 Å². The molecule has 0 atom stereocenters. The first-order chi connectivity index (χ1) is 11.6. The zero-order valence-electron chi connectivity index (χ0n) is 13.0. The van der Waals surface area contributed by atoms with Crippen LogP contribution in [0.1, 0.15) is 0 Å². The van der Waals surface area contributed by atoms with Gasteiger partial charge in [-0.1, -0.05) is 35.3 Å². The number of nitrogens with one attached hydrogen (secondary N) is 1. The number of hydrogen-bond donors (Lipinski definition) is 1. The zero-order valence-corrected chi connectivity index (χ0v) is 13.8. The predicted molar refractivity (Wildman–Crippen MR) is 97.3 cm³/mol. The normalized spacial score (nSPS) is 11.2. The molecule has 0 bridgehead atoms. The fourth-order valence-electron chi connectivity index (χ4n) is 2.75. The maximum absolute atomic E-state index is 12.4. The van der Waals surface area contributed by atoms with Crippen molar-refractivity contribution in [3.63, 3.8) is 0 Å². The highest BCUT2D eigenvalue weighted by atomic mass is 35.5. The third-order valence-electron chi connectivity index (χ3n) is 3.92. The second-order valence-corrected chi connectivity index (χ2v) is 5.89. The molecule has 4 aromatic rings. The van der Waals surface area contributed by atoms with E-state index in [4.69, 9.17) is 20.8 Å². The molecule has 0 aliphatic heterocycles. The molecule has 4 rings (SSSR count). The number of H-pyrrole nitrogens is 1. The van der Waals surface area contributed by atoms with Crippen LogP contribution >= 0.6 is 11.6 Å². The molecule has 5 nitrogen and oxygen atoms in total. The molecule has 7 heteroatoms. The number of aromatic nitrogens is 2. The molecule has 0 spiro atoms. The summed E-state index contributed by atoms with van der Waals surface area (Å²) in [6, 6.07) is 11.0. The molecule has 1 N–H and O–H groups in total. The number of fused-ring (bicyclic) bond motifs is 3. The van der Waals surface area contributed by atoms with Gasteiger partial charge in [-0.3, -0.25) is 4.79 Å². The number of hydrogen-bond acceptors (Lipinski definition) is 4. The smallest absolute Gasteiger partial charge is 0.294 e. The summed E-state index contributed by atoms with van der Waals surface area (Å²) in [5.74, 6) is 0.894. The number of furan rings is 1. The Morgan fingerprint density at radius 3 is 2.92 bits per heavy atom. The van der Waals surface area contributed by atoms with Gasteiger partial charge in [-0.2, -0.15) is 0 Å². The highest BCUT2D eigenvalue weighted by Crippen LogP contribution is 2.34. The molecule has 2 aromatic carbocycles. The Hall–Kier alpha value is -2.73. The number of benzene rings is 2. The molecule has 0 aliphatic carbocycles. The lowest BCUT2D eigenvalue weighted by atomic mass is 9.95. The summed E-state index contributed by atoms with van der Waals surface area (Å²) >= 11 is 6.35. The van der Waals surface area contributed by atoms with Crippen LogP contribution in [0.5, 0.6) is 5.75 Å². The zero-order chi connectivity index (χ0) is 16.8. The Kier molecular flexibility index (Phi) is 3.35. The van der Waals surface area contributed by atoms with Crippen molar-refractivity contribution in [1.29, 1.82) is 0 Å². The van der Waals surface area contributed by atoms with Gasteiger partial charge >= 0.3 is 0 Å². The minimum absolute atomic E-state index is 0.207. The Labute approximate surface area is 142 Å². The summed E-state index contributed by atoms with van der Waals surface area (Å²) in [6.45, 7) is 0. The SMILES string of the molecule is Bc1ccc2oc3c(=O)[nH]c(-c4cccc(OC)c4Cl)nc3c2c1. The first-order valence-corrected chi connectivity index (χ1v) is 7.72. The van der Waals surface area contributed by atoms with E-state index in [-0.39, 0.29) is 11.1 Å². The van der Waals surface area contributed by atoms with Crippen LogP contribution in [0.15, 0.2) is 45.6 Å². The Morgan fingerprint density at radius 2 is 2.12 bits per heavy atom. The van der Waals surface area contributed by atoms with Gasteiger partial charge in [0.2, 0.25) is 5.58 Å². The molecule has 118 valence electrons. The third-order valence-corrected chi connectivity index (χ3v) is 4.31. The molecule has 0 saturated heterocycles. The quantitative estimate of drug-likeness (QED) is 0.569. The summed E-state index contributed by atoms with van der Waals surface area (Å²) in [7, 11) is 3.52. The van der Waals surface area contributed by atoms with E-state index in [9.17, 15) is 4.79 Å². The van der Waals surface area contributed by atoms with Crippen molar-refractivity contribution in [2.75, 3.05) is 7.11 Å². The summed E-state index contributed by atoms with van der Waals surface area (Å²) < 4.78 is 10.9. The minimum atomic E-state index is -0.345. The number of rotatable bonds is 2. The highest BCUT2D eigenvalue weighted by molar-refractivity contribution is 6.35. The molecule has 0 saturated carbocycles. The maximum atomic E-state index is 12.4. The number of aromatic amines is 1. The monoisotopic (exact) mass is 338 g/mol. The summed E-state index contributed by atoms with van der Waals surface area (Å²) in [4.78, 5) is 19.7. The van der Waals surface area contributed by atoms with Gasteiger partial charge in [0, 0.05) is 10.9 Å². The molecule has 2 heterocycles. The molecular formula is C17H12BClN2O3. The van der Waals surface area contributed by atoms with Crippen LogP contribution in [0.25, 0.3) is 33.5 Å². The van der Waals surface area contributed by atoms with Gasteiger partial charge in [0.05, 0.1) is 12.1 Å². The standard InChI is InChI=1S/C17H12BClN2O3/c1-23-12-4-2-3-9(13(12)19)16-20-14-10-7-8(18)5-6-11(10)24-15(14)17(22)21-16/h2-7H,18H2,1H3,(H,20,21,22). The van der Waals surface area contributed by atoms with Crippen molar-refractivity contribution in [1.82, 2.24) is 9.97 Å². The van der Waals surface area contributed by atoms with Crippen LogP contribution in [0.4, 0.5) is 0 Å². The lowest BCUT2D eigenvalue weighted by Gasteiger charge is -2.07. The molecule has 24 heavy (non-hydrogen) atoms. The molecule has 0 radical (unpaired) electrons. The van der Waals surface area contributed by atoms with E-state index in [2.05, 4.69) is 9.97 Å². The third kappa shape index (κ3) is 2.19. The van der Waals surface area contributed by atoms with Crippen molar-refractivity contribution in [2.45, 2.75) is 0 Å². The second-order valence-electron chi connectivity index (χ2n) is 5.52. The van der Waals surface area contributed by atoms with E-state index in [0.29, 0.717) is 33.3 Å². The van der Waals surface area contributed by atoms with Gasteiger partial charge in [-0.15, -0.1) is 0 Å². The van der Waals surface area contributed by atoms with Crippen molar-refractivity contribution in [2.24, 2.45) is 0 Å². The van der Waals surface area contributed by atoms with Gasteiger partial charge in [0.15, 0.2) is 0 Å². The average molecular weight is 339 g/mol. The number of halogens is 1. The van der Waals surface area contributed by atoms with E-state index >= 15 is 0 Å². The Morgan fingerprint density at radius 1 is 1.29 bits per heavy atom. The molecular weight excluding hydrogens is 326 g/mol. The van der Waals surface area contributed by atoms with Crippen LogP contribution in [-0.4, -0.2) is 24.9 Å². The van der Waals surface area contributed by atoms with Crippen molar-refractivity contribution in [3.05, 3.63) is 51.8 Å². The minimum Gasteiger partial charge on any atom is -0.495 e. The molecule has 2 aromatic heterocycles. The van der Waals surface area contributed by atoms with Crippen molar-refractivity contribution >= 4 is 47.0 Å². The lowest BCUT2D eigenvalue weighted by Crippen LogP contribution is -2.08. The van der Waals surface area contributed by atoms with Crippen LogP contribution in [-0.2, 0) is 0 Å². The van der Waals surface area contributed by atoms with Crippen molar-refractivity contribution in [3.8, 4) is 17.1 Å². The number of methoxy groups -OCH3 is 1. The van der Waals surface area contributed by atoms with E-state index < -0.39 is 0 Å². The number of nitrogens with zero attached hydrogens (tertiary/aromatic N) is 1. The average Bonchev–Trinajstić information content (AvgIpc) is 2.94. The van der Waals surface area contributed by atoms with Crippen LogP contribution < -0.4 is 15.8 Å². The van der Waals surface area contributed by atoms with Gasteiger partial charge in [0.25, 0.3) is 5.56 Å².